The average Bonchev–Trinajstić information content (AvgIpc) is 3.23. The standard InChI is InChI=1S/C53H98O6/c1-4-7-10-13-16-19-21-23-24-25-26-27-28-30-31-34-37-40-43-46-52(55)58-49-50(48-57-51(54)45-42-39-36-33-18-15-12-9-6-3)59-53(56)47-44-41-38-35-32-29-22-20-17-14-11-8-5-2/h25-26,29,32,50H,4-24,27-28,30-31,33-49H2,1-3H3/b26-25-,32-29-. The van der Waals surface area contributed by atoms with E-state index in [1.165, 1.54) is 167 Å². The van der Waals surface area contributed by atoms with Crippen molar-refractivity contribution < 1.29 is 28.6 Å². The van der Waals surface area contributed by atoms with E-state index < -0.39 is 6.10 Å². The molecule has 0 aromatic carbocycles. The molecule has 1 unspecified atom stereocenters. The third-order valence-electron chi connectivity index (χ3n) is 11.4. The minimum Gasteiger partial charge on any atom is -0.462 e. The molecule has 0 heterocycles. The van der Waals surface area contributed by atoms with Crippen molar-refractivity contribution in [1.82, 2.24) is 0 Å². The monoisotopic (exact) mass is 831 g/mol. The number of hydrogen-bond acceptors (Lipinski definition) is 6. The van der Waals surface area contributed by atoms with Crippen LogP contribution >= 0.6 is 0 Å². The summed E-state index contributed by atoms with van der Waals surface area (Å²) in [6.07, 6.45) is 54.5. The van der Waals surface area contributed by atoms with Gasteiger partial charge < -0.3 is 14.2 Å². The molecule has 0 aliphatic carbocycles. The third kappa shape index (κ3) is 46.8. The number of esters is 3. The average molecular weight is 831 g/mol. The van der Waals surface area contributed by atoms with E-state index in [0.717, 1.165) is 70.6 Å². The molecule has 1 atom stereocenters. The van der Waals surface area contributed by atoms with Crippen LogP contribution in [0.5, 0.6) is 0 Å². The molecule has 0 aliphatic rings. The van der Waals surface area contributed by atoms with E-state index in [9.17, 15) is 14.4 Å². The highest BCUT2D eigenvalue weighted by atomic mass is 16.6. The van der Waals surface area contributed by atoms with Crippen molar-refractivity contribution in [2.24, 2.45) is 0 Å². The molecule has 6 heteroatoms. The molecule has 0 saturated heterocycles. The molecule has 0 bridgehead atoms. The van der Waals surface area contributed by atoms with E-state index >= 15 is 0 Å². The van der Waals surface area contributed by atoms with Gasteiger partial charge in [-0.1, -0.05) is 212 Å². The molecule has 0 aliphatic heterocycles. The summed E-state index contributed by atoms with van der Waals surface area (Å²) in [5.74, 6) is -0.889. The zero-order valence-corrected chi connectivity index (χ0v) is 39.5. The van der Waals surface area contributed by atoms with Crippen LogP contribution in [0.2, 0.25) is 0 Å². The molecule has 0 aromatic heterocycles. The van der Waals surface area contributed by atoms with Gasteiger partial charge in [-0.3, -0.25) is 14.4 Å². The molecule has 6 nitrogen and oxygen atoms in total. The van der Waals surface area contributed by atoms with Gasteiger partial charge in [-0.25, -0.2) is 0 Å². The second kappa shape index (κ2) is 48.6. The number of unbranched alkanes of at least 4 members (excludes halogenated alkanes) is 32. The van der Waals surface area contributed by atoms with Crippen molar-refractivity contribution >= 4 is 17.9 Å². The zero-order valence-electron chi connectivity index (χ0n) is 39.5. The highest BCUT2D eigenvalue weighted by molar-refractivity contribution is 5.71. The Balaban J connectivity index is 4.28. The molecule has 346 valence electrons. The summed E-state index contributed by atoms with van der Waals surface area (Å²) >= 11 is 0. The first-order valence-electron chi connectivity index (χ1n) is 25.8. The van der Waals surface area contributed by atoms with Crippen LogP contribution in [0.15, 0.2) is 24.3 Å². The van der Waals surface area contributed by atoms with Crippen LogP contribution in [0.3, 0.4) is 0 Å². The van der Waals surface area contributed by atoms with Crippen molar-refractivity contribution in [3.63, 3.8) is 0 Å². The van der Waals surface area contributed by atoms with Gasteiger partial charge in [0.05, 0.1) is 0 Å². The largest absolute Gasteiger partial charge is 0.462 e. The van der Waals surface area contributed by atoms with Crippen LogP contribution in [0.25, 0.3) is 0 Å². The normalized spacial score (nSPS) is 12.1. The number of allylic oxidation sites excluding steroid dienone is 4. The van der Waals surface area contributed by atoms with E-state index in [-0.39, 0.29) is 31.1 Å². The fourth-order valence-corrected chi connectivity index (χ4v) is 7.49. The first-order chi connectivity index (χ1) is 29.0. The molecule has 0 spiro atoms. The van der Waals surface area contributed by atoms with Crippen LogP contribution < -0.4 is 0 Å². The van der Waals surface area contributed by atoms with Crippen molar-refractivity contribution in [1.29, 1.82) is 0 Å². The number of ether oxygens (including phenoxy) is 3. The van der Waals surface area contributed by atoms with Crippen LogP contribution in [-0.4, -0.2) is 37.2 Å². The predicted octanol–water partition coefficient (Wildman–Crippen LogP) is 16.8. The summed E-state index contributed by atoms with van der Waals surface area (Å²) in [5, 5.41) is 0. The van der Waals surface area contributed by atoms with Crippen molar-refractivity contribution in [2.75, 3.05) is 13.2 Å². The Kier molecular flexibility index (Phi) is 46.8. The Hall–Kier alpha value is -2.11. The van der Waals surface area contributed by atoms with Crippen LogP contribution in [0.1, 0.15) is 278 Å². The van der Waals surface area contributed by atoms with Gasteiger partial charge in [-0.15, -0.1) is 0 Å². The number of carbonyl (C=O) groups excluding carboxylic acids is 3. The highest BCUT2D eigenvalue weighted by Gasteiger charge is 2.19. The molecule has 0 rings (SSSR count). The van der Waals surface area contributed by atoms with Gasteiger partial charge in [0.15, 0.2) is 6.10 Å². The molecule has 0 saturated carbocycles. The summed E-state index contributed by atoms with van der Waals surface area (Å²) in [7, 11) is 0. The van der Waals surface area contributed by atoms with Gasteiger partial charge in [0.25, 0.3) is 0 Å². The molecule has 0 N–H and O–H groups in total. The maximum absolute atomic E-state index is 12.7. The van der Waals surface area contributed by atoms with E-state index in [0.29, 0.717) is 19.3 Å². The quantitative estimate of drug-likeness (QED) is 0.0263. The van der Waals surface area contributed by atoms with E-state index in [1.54, 1.807) is 0 Å². The Morgan fingerprint density at radius 1 is 0.322 bits per heavy atom. The minimum absolute atomic E-state index is 0.0757. The van der Waals surface area contributed by atoms with Crippen molar-refractivity contribution in [2.45, 2.75) is 284 Å². The summed E-state index contributed by atoms with van der Waals surface area (Å²) < 4.78 is 16.7. The highest BCUT2D eigenvalue weighted by Crippen LogP contribution is 2.15. The van der Waals surface area contributed by atoms with Gasteiger partial charge >= 0.3 is 17.9 Å². The minimum atomic E-state index is -0.775. The zero-order chi connectivity index (χ0) is 43.0. The lowest BCUT2D eigenvalue weighted by Gasteiger charge is -2.18. The Bertz CT molecular complexity index is 958. The third-order valence-corrected chi connectivity index (χ3v) is 11.4. The fraction of sp³-hybridized carbons (Fsp3) is 0.868. The molecule has 0 fully saturated rings. The number of hydrogen-bond donors (Lipinski definition) is 0. The van der Waals surface area contributed by atoms with E-state index in [2.05, 4.69) is 45.1 Å². The van der Waals surface area contributed by atoms with E-state index in [4.69, 9.17) is 14.2 Å². The molecular formula is C53H98O6. The number of rotatable bonds is 47. The SMILES string of the molecule is CCCCCCCC/C=C\CCCCCC(=O)OC(COC(=O)CCCCCCCCC/C=C\CCCCCCCCCC)COC(=O)CCCCCCCCCCC. The Labute approximate surface area is 366 Å². The van der Waals surface area contributed by atoms with Gasteiger partial charge in [-0.05, 0) is 70.6 Å². The lowest BCUT2D eigenvalue weighted by Crippen LogP contribution is -2.30. The van der Waals surface area contributed by atoms with Crippen LogP contribution in [0.4, 0.5) is 0 Å². The van der Waals surface area contributed by atoms with Crippen LogP contribution in [-0.2, 0) is 28.6 Å². The van der Waals surface area contributed by atoms with Gasteiger partial charge in [0, 0.05) is 19.3 Å². The number of carbonyl (C=O) groups is 3. The predicted molar refractivity (Wildman–Crippen MR) is 252 cm³/mol. The van der Waals surface area contributed by atoms with Crippen molar-refractivity contribution in [3.8, 4) is 0 Å². The molecule has 0 amide bonds. The summed E-state index contributed by atoms with van der Waals surface area (Å²) in [4.78, 5) is 37.8. The molecule has 0 radical (unpaired) electrons. The second-order valence-electron chi connectivity index (χ2n) is 17.4. The van der Waals surface area contributed by atoms with E-state index in [1.807, 2.05) is 0 Å². The Morgan fingerprint density at radius 2 is 0.559 bits per heavy atom. The fourth-order valence-electron chi connectivity index (χ4n) is 7.49. The maximum atomic E-state index is 12.7. The van der Waals surface area contributed by atoms with Gasteiger partial charge in [0.2, 0.25) is 0 Å². The Morgan fingerprint density at radius 3 is 0.864 bits per heavy atom. The molecular weight excluding hydrogens is 733 g/mol. The molecule has 59 heavy (non-hydrogen) atoms. The lowest BCUT2D eigenvalue weighted by atomic mass is 10.1. The second-order valence-corrected chi connectivity index (χ2v) is 17.4. The van der Waals surface area contributed by atoms with Crippen molar-refractivity contribution in [3.05, 3.63) is 24.3 Å². The maximum Gasteiger partial charge on any atom is 0.306 e. The molecule has 0 aromatic rings. The van der Waals surface area contributed by atoms with Gasteiger partial charge in [0.1, 0.15) is 13.2 Å². The van der Waals surface area contributed by atoms with Crippen LogP contribution in [0, 0.1) is 0 Å². The smallest absolute Gasteiger partial charge is 0.306 e. The summed E-state index contributed by atoms with van der Waals surface area (Å²) in [6, 6.07) is 0. The first kappa shape index (κ1) is 56.9. The summed E-state index contributed by atoms with van der Waals surface area (Å²) in [6.45, 7) is 6.61. The topological polar surface area (TPSA) is 78.9 Å². The summed E-state index contributed by atoms with van der Waals surface area (Å²) in [5.41, 5.74) is 0. The first-order valence-corrected chi connectivity index (χ1v) is 25.8. The lowest BCUT2D eigenvalue weighted by molar-refractivity contribution is -0.167. The van der Waals surface area contributed by atoms with Gasteiger partial charge in [-0.2, -0.15) is 0 Å².